The third kappa shape index (κ3) is 4.51. The van der Waals surface area contributed by atoms with Crippen molar-refractivity contribution in [2.45, 2.75) is 38.6 Å². The van der Waals surface area contributed by atoms with Crippen molar-refractivity contribution in [3.8, 4) is 11.1 Å². The van der Waals surface area contributed by atoms with Crippen LogP contribution >= 0.6 is 0 Å². The number of nitrogen functional groups attached to an aromatic ring is 1. The highest BCUT2D eigenvalue weighted by Gasteiger charge is 2.16. The number of nitrogens with two attached hydrogens (primary N) is 1. The third-order valence-electron chi connectivity index (χ3n) is 7.08. The fraction of sp³-hybridized carbons (Fsp3) is 0.321. The summed E-state index contributed by atoms with van der Waals surface area (Å²) < 4.78 is 3.98. The van der Waals surface area contributed by atoms with Gasteiger partial charge in [0.15, 0.2) is 5.82 Å². The normalized spacial score (nSPS) is 14.4. The molecule has 1 aliphatic rings. The summed E-state index contributed by atoms with van der Waals surface area (Å²) in [4.78, 5) is 6.86. The Balaban J connectivity index is 1.21. The van der Waals surface area contributed by atoms with E-state index in [-0.39, 0.29) is 0 Å². The molecule has 6 rings (SSSR count). The van der Waals surface area contributed by atoms with E-state index in [9.17, 15) is 0 Å². The predicted octanol–water partition coefficient (Wildman–Crippen LogP) is 4.80. The number of fused-ring (bicyclic) bond motifs is 2. The second-order valence-corrected chi connectivity index (χ2v) is 9.54. The number of hydrogen-bond donors (Lipinski definition) is 1. The number of aromatic nitrogens is 5. The number of aryl methyl sites for hydroxylation is 1. The summed E-state index contributed by atoms with van der Waals surface area (Å²) >= 11 is 0. The first-order valence-electron chi connectivity index (χ1n) is 12.6. The van der Waals surface area contributed by atoms with Crippen molar-refractivity contribution in [3.05, 3.63) is 78.4 Å². The highest BCUT2D eigenvalue weighted by Crippen LogP contribution is 2.31. The molecule has 2 N–H and O–H groups in total. The maximum absolute atomic E-state index is 6.32. The van der Waals surface area contributed by atoms with E-state index in [1.807, 2.05) is 27.4 Å². The molecule has 3 aromatic heterocycles. The quantitative estimate of drug-likeness (QED) is 0.333. The van der Waals surface area contributed by atoms with Gasteiger partial charge in [-0.3, -0.25) is 4.68 Å². The van der Waals surface area contributed by atoms with Crippen molar-refractivity contribution in [3.63, 3.8) is 0 Å². The molecule has 35 heavy (non-hydrogen) atoms. The van der Waals surface area contributed by atoms with E-state index >= 15 is 0 Å². The number of benzene rings is 2. The molecule has 0 bridgehead atoms. The number of rotatable bonds is 8. The van der Waals surface area contributed by atoms with Gasteiger partial charge < -0.3 is 10.6 Å². The smallest absolute Gasteiger partial charge is 0.151 e. The molecule has 178 valence electrons. The fourth-order valence-electron chi connectivity index (χ4n) is 5.25. The molecular formula is C28H31N7. The summed E-state index contributed by atoms with van der Waals surface area (Å²) in [6.45, 7) is 4.45. The molecular weight excluding hydrogens is 434 g/mol. The molecule has 0 saturated carbocycles. The summed E-state index contributed by atoms with van der Waals surface area (Å²) in [5.74, 6) is 0.519. The van der Waals surface area contributed by atoms with Crippen LogP contribution in [0.1, 0.15) is 36.9 Å². The van der Waals surface area contributed by atoms with E-state index in [4.69, 9.17) is 5.73 Å². The van der Waals surface area contributed by atoms with Crippen LogP contribution in [0.4, 0.5) is 5.82 Å². The Hall–Kier alpha value is -3.71. The van der Waals surface area contributed by atoms with Crippen molar-refractivity contribution in [1.29, 1.82) is 0 Å². The number of likely N-dealkylation sites (tertiary alicyclic amines) is 1. The summed E-state index contributed by atoms with van der Waals surface area (Å²) in [7, 11) is 0. The van der Waals surface area contributed by atoms with E-state index in [0.29, 0.717) is 5.82 Å². The van der Waals surface area contributed by atoms with Gasteiger partial charge in [-0.1, -0.05) is 42.5 Å². The van der Waals surface area contributed by atoms with Crippen molar-refractivity contribution in [2.75, 3.05) is 25.4 Å². The minimum absolute atomic E-state index is 0.519. The van der Waals surface area contributed by atoms with Gasteiger partial charge >= 0.3 is 0 Å². The van der Waals surface area contributed by atoms with E-state index < -0.39 is 0 Å². The molecule has 0 unspecified atom stereocenters. The van der Waals surface area contributed by atoms with Gasteiger partial charge in [0.2, 0.25) is 0 Å². The maximum Gasteiger partial charge on any atom is 0.151 e. The van der Waals surface area contributed by atoms with Gasteiger partial charge in [0.05, 0.1) is 12.1 Å². The van der Waals surface area contributed by atoms with Gasteiger partial charge in [0, 0.05) is 22.8 Å². The first-order chi connectivity index (χ1) is 17.2. The molecule has 0 radical (unpaired) electrons. The number of unbranched alkanes of at least 4 members (excludes halogenated alkanes) is 1. The van der Waals surface area contributed by atoms with Crippen LogP contribution in [0.15, 0.2) is 67.1 Å². The molecule has 0 amide bonds. The second-order valence-electron chi connectivity index (χ2n) is 9.54. The molecule has 7 heteroatoms. The van der Waals surface area contributed by atoms with Crippen molar-refractivity contribution in [2.24, 2.45) is 0 Å². The van der Waals surface area contributed by atoms with Crippen LogP contribution in [0.2, 0.25) is 0 Å². The Morgan fingerprint density at radius 1 is 0.943 bits per heavy atom. The lowest BCUT2D eigenvalue weighted by Crippen LogP contribution is -2.20. The lowest BCUT2D eigenvalue weighted by Gasteiger charge is -2.13. The van der Waals surface area contributed by atoms with Gasteiger partial charge in [-0.05, 0) is 75.0 Å². The van der Waals surface area contributed by atoms with Crippen LogP contribution in [0.5, 0.6) is 0 Å². The number of hydrogen-bond acceptors (Lipinski definition) is 5. The largest absolute Gasteiger partial charge is 0.382 e. The van der Waals surface area contributed by atoms with Gasteiger partial charge in [-0.15, -0.1) is 0 Å². The van der Waals surface area contributed by atoms with Crippen LogP contribution in [-0.4, -0.2) is 48.9 Å². The molecule has 1 fully saturated rings. The topological polar surface area (TPSA) is 77.3 Å². The molecule has 5 aromatic rings. The van der Waals surface area contributed by atoms with Crippen LogP contribution in [0, 0.1) is 0 Å². The number of anilines is 1. The summed E-state index contributed by atoms with van der Waals surface area (Å²) in [6, 6.07) is 19.1. The molecule has 1 saturated heterocycles. The van der Waals surface area contributed by atoms with Crippen LogP contribution in [-0.2, 0) is 13.0 Å². The second kappa shape index (κ2) is 9.50. The van der Waals surface area contributed by atoms with Crippen molar-refractivity contribution in [1.82, 2.24) is 29.3 Å². The maximum atomic E-state index is 6.32. The summed E-state index contributed by atoms with van der Waals surface area (Å²) in [6.07, 6.45) is 9.68. The molecule has 7 nitrogen and oxygen atoms in total. The van der Waals surface area contributed by atoms with Crippen LogP contribution in [0.3, 0.4) is 0 Å². The molecule has 0 atom stereocenters. The van der Waals surface area contributed by atoms with Crippen LogP contribution in [0.25, 0.3) is 27.5 Å². The Labute approximate surface area is 205 Å². The average molecular weight is 466 g/mol. The third-order valence-corrected chi connectivity index (χ3v) is 7.08. The predicted molar refractivity (Wildman–Crippen MR) is 140 cm³/mol. The zero-order chi connectivity index (χ0) is 23.6. The Morgan fingerprint density at radius 2 is 1.77 bits per heavy atom. The lowest BCUT2D eigenvalue weighted by molar-refractivity contribution is 0.330. The summed E-state index contributed by atoms with van der Waals surface area (Å²) in [5, 5.41) is 10.4. The highest BCUT2D eigenvalue weighted by molar-refractivity contribution is 5.88. The first kappa shape index (κ1) is 21.8. The Morgan fingerprint density at radius 3 is 2.60 bits per heavy atom. The fourth-order valence-corrected chi connectivity index (χ4v) is 5.25. The van der Waals surface area contributed by atoms with Gasteiger partial charge in [0.1, 0.15) is 11.8 Å². The van der Waals surface area contributed by atoms with E-state index in [0.717, 1.165) is 46.9 Å². The lowest BCUT2D eigenvalue weighted by atomic mass is 10.0. The SMILES string of the molecule is Nc1ncnn2c(CCCCN3CCCC3)cc(-c3ccc(Cn4cc5ccccc5n4)cc3)c12. The van der Waals surface area contributed by atoms with Gasteiger partial charge in [0.25, 0.3) is 0 Å². The molecule has 2 aromatic carbocycles. The van der Waals surface area contributed by atoms with Gasteiger partial charge in [-0.25, -0.2) is 9.50 Å². The average Bonchev–Trinajstić information content (AvgIpc) is 3.61. The minimum atomic E-state index is 0.519. The molecule has 0 aliphatic carbocycles. The Kier molecular flexibility index (Phi) is 5.92. The highest BCUT2D eigenvalue weighted by atomic mass is 15.3. The van der Waals surface area contributed by atoms with Gasteiger partial charge in [-0.2, -0.15) is 10.2 Å². The van der Waals surface area contributed by atoms with E-state index in [1.54, 1.807) is 6.33 Å². The Bertz CT molecular complexity index is 1410. The monoisotopic (exact) mass is 465 g/mol. The van der Waals surface area contributed by atoms with Crippen molar-refractivity contribution >= 4 is 22.2 Å². The molecule has 0 spiro atoms. The van der Waals surface area contributed by atoms with E-state index in [2.05, 4.69) is 62.7 Å². The summed E-state index contributed by atoms with van der Waals surface area (Å²) in [5.41, 5.74) is 12.9. The number of nitrogens with zero attached hydrogens (tertiary/aromatic N) is 6. The van der Waals surface area contributed by atoms with Crippen molar-refractivity contribution < 1.29 is 0 Å². The van der Waals surface area contributed by atoms with E-state index in [1.165, 1.54) is 50.2 Å². The van der Waals surface area contributed by atoms with Crippen LogP contribution < -0.4 is 5.73 Å². The standard InChI is InChI=1S/C28H31N7/c29-28-27-25(17-24(35(27)31-20-30-28)8-3-4-14-33-15-5-6-16-33)22-12-10-21(11-13-22)18-34-19-23-7-1-2-9-26(23)32-34/h1-2,7,9-13,17,19-20H,3-6,8,14-16,18H2,(H2,29,30,31). The molecule has 4 heterocycles. The molecule has 1 aliphatic heterocycles. The minimum Gasteiger partial charge on any atom is -0.382 e. The zero-order valence-electron chi connectivity index (χ0n) is 20.0. The first-order valence-corrected chi connectivity index (χ1v) is 12.6. The zero-order valence-corrected chi connectivity index (χ0v) is 20.0.